The average Bonchev–Trinajstić information content (AvgIpc) is 3.63. The number of anilines is 1. The maximum Gasteiger partial charge on any atom is 0.433 e. The van der Waals surface area contributed by atoms with Crippen LogP contribution in [0.15, 0.2) is 71.3 Å². The van der Waals surface area contributed by atoms with Crippen molar-refractivity contribution in [2.75, 3.05) is 31.5 Å². The number of aryl methyl sites for hydroxylation is 1. The molecule has 43 heavy (non-hydrogen) atoms. The minimum absolute atomic E-state index is 0.0199. The van der Waals surface area contributed by atoms with Gasteiger partial charge >= 0.3 is 6.18 Å². The highest BCUT2D eigenvalue weighted by Gasteiger charge is 2.38. The van der Waals surface area contributed by atoms with E-state index >= 15 is 0 Å². The molecule has 2 unspecified atom stereocenters. The summed E-state index contributed by atoms with van der Waals surface area (Å²) in [6.45, 7) is 2.06. The molecule has 0 saturated carbocycles. The van der Waals surface area contributed by atoms with Crippen LogP contribution in [0.3, 0.4) is 0 Å². The smallest absolute Gasteiger partial charge is 0.433 e. The van der Waals surface area contributed by atoms with Crippen LogP contribution in [0.2, 0.25) is 0 Å². The molecule has 1 aliphatic rings. The summed E-state index contributed by atoms with van der Waals surface area (Å²) in [7, 11) is 1.72. The summed E-state index contributed by atoms with van der Waals surface area (Å²) >= 11 is 0. The van der Waals surface area contributed by atoms with E-state index in [2.05, 4.69) is 30.3 Å². The average molecular weight is 594 g/mol. The number of oxazole rings is 1. The highest BCUT2D eigenvalue weighted by molar-refractivity contribution is 5.93. The third-order valence-corrected chi connectivity index (χ3v) is 7.08. The Morgan fingerprint density at radius 3 is 2.51 bits per heavy atom. The molecule has 0 spiro atoms. The summed E-state index contributed by atoms with van der Waals surface area (Å²) in [5, 5.41) is 24.0. The zero-order chi connectivity index (χ0) is 30.1. The van der Waals surface area contributed by atoms with E-state index in [-0.39, 0.29) is 34.7 Å². The van der Waals surface area contributed by atoms with Gasteiger partial charge in [0.2, 0.25) is 12.1 Å². The Hall–Kier alpha value is -4.89. The number of hydrogen-bond donors (Lipinski definition) is 2. The van der Waals surface area contributed by atoms with Gasteiger partial charge in [-0.1, -0.05) is 30.3 Å². The molecule has 15 heteroatoms. The molecule has 2 atom stereocenters. The number of alkyl halides is 3. The molecule has 1 saturated heterocycles. The number of nitrogens with one attached hydrogen (secondary N) is 1. The van der Waals surface area contributed by atoms with Crippen LogP contribution >= 0.6 is 0 Å². The molecule has 0 aliphatic carbocycles. The molecule has 6 rings (SSSR count). The van der Waals surface area contributed by atoms with Crippen molar-refractivity contribution in [2.45, 2.75) is 18.4 Å². The quantitative estimate of drug-likeness (QED) is 0.271. The fraction of sp³-hybridized carbons (Fsp3) is 0.286. The van der Waals surface area contributed by atoms with Crippen molar-refractivity contribution in [2.24, 2.45) is 7.05 Å². The second-order valence-corrected chi connectivity index (χ2v) is 10.00. The van der Waals surface area contributed by atoms with Crippen molar-refractivity contribution < 1.29 is 27.5 Å². The SMILES string of the molecule is Cn1nnc(C(c2ccccc2)N2CCN(C(=O)c3cc(-c4nc5cc(NC(O)C(F)(F)F)ccc5o4)ccn3)CC2)n1. The zero-order valence-electron chi connectivity index (χ0n) is 22.8. The number of aliphatic hydroxyl groups is 1. The lowest BCUT2D eigenvalue weighted by Crippen LogP contribution is -2.50. The third kappa shape index (κ3) is 6.03. The van der Waals surface area contributed by atoms with Gasteiger partial charge in [0.15, 0.2) is 11.4 Å². The Balaban J connectivity index is 1.16. The lowest BCUT2D eigenvalue weighted by Gasteiger charge is -2.38. The van der Waals surface area contributed by atoms with Crippen LogP contribution in [-0.4, -0.2) is 89.6 Å². The Bertz CT molecular complexity index is 1730. The third-order valence-electron chi connectivity index (χ3n) is 7.08. The van der Waals surface area contributed by atoms with Gasteiger partial charge in [-0.15, -0.1) is 10.2 Å². The number of piperazine rings is 1. The second kappa shape index (κ2) is 11.4. The van der Waals surface area contributed by atoms with Crippen molar-refractivity contribution in [1.82, 2.24) is 40.0 Å². The summed E-state index contributed by atoms with van der Waals surface area (Å²) in [6.07, 6.45) is -6.07. The number of amides is 1. The Morgan fingerprint density at radius 2 is 1.81 bits per heavy atom. The molecule has 1 aliphatic heterocycles. The van der Waals surface area contributed by atoms with E-state index in [0.29, 0.717) is 43.1 Å². The van der Waals surface area contributed by atoms with Crippen molar-refractivity contribution in [3.8, 4) is 11.5 Å². The fourth-order valence-electron chi connectivity index (χ4n) is 4.97. The number of halogens is 3. The normalized spacial score (nSPS) is 15.9. The van der Waals surface area contributed by atoms with Crippen LogP contribution in [0.25, 0.3) is 22.6 Å². The van der Waals surface area contributed by atoms with Gasteiger partial charge in [0.1, 0.15) is 11.2 Å². The largest absolute Gasteiger partial charge is 0.436 e. The summed E-state index contributed by atoms with van der Waals surface area (Å²) in [5.41, 5.74) is 2.35. The molecule has 1 amide bonds. The maximum atomic E-state index is 13.4. The van der Waals surface area contributed by atoms with Crippen molar-refractivity contribution in [3.05, 3.63) is 83.9 Å². The van der Waals surface area contributed by atoms with E-state index in [0.717, 1.165) is 5.56 Å². The highest BCUT2D eigenvalue weighted by atomic mass is 19.4. The van der Waals surface area contributed by atoms with E-state index < -0.39 is 12.4 Å². The van der Waals surface area contributed by atoms with Gasteiger partial charge in [-0.25, -0.2) is 4.98 Å². The highest BCUT2D eigenvalue weighted by Crippen LogP contribution is 2.30. The van der Waals surface area contributed by atoms with Crippen LogP contribution in [0.4, 0.5) is 18.9 Å². The predicted molar refractivity (Wildman–Crippen MR) is 147 cm³/mol. The molecule has 0 bridgehead atoms. The first kappa shape index (κ1) is 28.2. The second-order valence-electron chi connectivity index (χ2n) is 10.00. The Kier molecular flexibility index (Phi) is 7.50. The number of hydrogen-bond acceptors (Lipinski definition) is 10. The van der Waals surface area contributed by atoms with Gasteiger partial charge in [-0.2, -0.15) is 18.0 Å². The van der Waals surface area contributed by atoms with E-state index in [4.69, 9.17) is 4.42 Å². The number of rotatable bonds is 7. The maximum absolute atomic E-state index is 13.4. The van der Waals surface area contributed by atoms with Gasteiger partial charge < -0.3 is 19.7 Å². The first-order valence-corrected chi connectivity index (χ1v) is 13.4. The summed E-state index contributed by atoms with van der Waals surface area (Å²) < 4.78 is 43.9. The molecule has 12 nitrogen and oxygen atoms in total. The fourth-order valence-corrected chi connectivity index (χ4v) is 4.97. The number of tetrazole rings is 1. The van der Waals surface area contributed by atoms with E-state index in [1.807, 2.05) is 35.6 Å². The number of carbonyl (C=O) groups is 1. The van der Waals surface area contributed by atoms with Crippen molar-refractivity contribution >= 4 is 22.7 Å². The number of aliphatic hydroxyl groups excluding tert-OH is 1. The first-order valence-electron chi connectivity index (χ1n) is 13.4. The van der Waals surface area contributed by atoms with E-state index in [1.165, 1.54) is 29.2 Å². The van der Waals surface area contributed by atoms with Crippen LogP contribution in [0.1, 0.15) is 27.9 Å². The van der Waals surface area contributed by atoms with Crippen LogP contribution in [0.5, 0.6) is 0 Å². The number of fused-ring (bicyclic) bond motifs is 1. The van der Waals surface area contributed by atoms with Crippen LogP contribution < -0.4 is 5.32 Å². The number of nitrogens with zero attached hydrogens (tertiary/aromatic N) is 8. The minimum atomic E-state index is -4.83. The number of aromatic nitrogens is 6. The molecule has 5 aromatic rings. The topological polar surface area (TPSA) is 138 Å². The Labute approximate surface area is 242 Å². The summed E-state index contributed by atoms with van der Waals surface area (Å²) in [6, 6.07) is 17.0. The zero-order valence-corrected chi connectivity index (χ0v) is 22.8. The van der Waals surface area contributed by atoms with Gasteiger partial charge in [0.05, 0.1) is 13.1 Å². The lowest BCUT2D eigenvalue weighted by atomic mass is 10.0. The van der Waals surface area contributed by atoms with Crippen molar-refractivity contribution in [1.29, 1.82) is 0 Å². The molecule has 1 fully saturated rings. The molecule has 4 heterocycles. The summed E-state index contributed by atoms with van der Waals surface area (Å²) in [5.74, 6) is 0.506. The Morgan fingerprint density at radius 1 is 1.05 bits per heavy atom. The molecule has 0 radical (unpaired) electrons. The van der Waals surface area contributed by atoms with Crippen LogP contribution in [-0.2, 0) is 7.05 Å². The van der Waals surface area contributed by atoms with E-state index in [1.54, 1.807) is 24.1 Å². The molecule has 2 aromatic carbocycles. The van der Waals surface area contributed by atoms with Crippen molar-refractivity contribution in [3.63, 3.8) is 0 Å². The van der Waals surface area contributed by atoms with Crippen LogP contribution in [0, 0.1) is 0 Å². The number of benzene rings is 2. The molecule has 3 aromatic heterocycles. The number of pyridine rings is 1. The van der Waals surface area contributed by atoms with Gasteiger partial charge in [-0.05, 0) is 41.1 Å². The molecule has 222 valence electrons. The number of carbonyl (C=O) groups excluding carboxylic acids is 1. The summed E-state index contributed by atoms with van der Waals surface area (Å²) in [4.78, 5) is 27.4. The minimum Gasteiger partial charge on any atom is -0.436 e. The monoisotopic (exact) mass is 593 g/mol. The standard InChI is InChI=1S/C28H26F3N9O3/c1-38-36-24(35-37-38)23(17-5-3-2-4-6-17)39-11-13-40(14-12-39)26(41)21-15-18(9-10-32-21)25-34-20-16-19(7-8-22(20)43-25)33-27(42)28(29,30)31/h2-10,15-16,23,27,33,42H,11-14H2,1H3. The molecular weight excluding hydrogens is 567 g/mol. The lowest BCUT2D eigenvalue weighted by molar-refractivity contribution is -0.194. The van der Waals surface area contributed by atoms with Gasteiger partial charge in [-0.3, -0.25) is 14.7 Å². The molecule has 2 N–H and O–H groups in total. The predicted octanol–water partition coefficient (Wildman–Crippen LogP) is 3.25. The first-order chi connectivity index (χ1) is 20.7. The molecular formula is C28H26F3N9O3. The van der Waals surface area contributed by atoms with E-state index in [9.17, 15) is 23.1 Å². The van der Waals surface area contributed by atoms with Gasteiger partial charge in [0.25, 0.3) is 5.91 Å². The van der Waals surface area contributed by atoms with Gasteiger partial charge in [0, 0.05) is 43.6 Å².